The molecule has 0 aromatic heterocycles. The Morgan fingerprint density at radius 2 is 1.83 bits per heavy atom. The van der Waals surface area contributed by atoms with Crippen molar-refractivity contribution < 1.29 is 9.59 Å². The lowest BCUT2D eigenvalue weighted by Crippen LogP contribution is -2.32. The van der Waals surface area contributed by atoms with E-state index in [4.69, 9.17) is 0 Å². The molecule has 0 bridgehead atoms. The molecule has 0 aromatic carbocycles. The summed E-state index contributed by atoms with van der Waals surface area (Å²) in [7, 11) is 1.57. The van der Waals surface area contributed by atoms with Gasteiger partial charge in [-0.2, -0.15) is 0 Å². The molecule has 3 nitrogen and oxygen atoms in total. The lowest BCUT2D eigenvalue weighted by molar-refractivity contribution is -0.139. The van der Waals surface area contributed by atoms with E-state index in [-0.39, 0.29) is 17.2 Å². The summed E-state index contributed by atoms with van der Waals surface area (Å²) in [5.74, 6) is -0.0406. The van der Waals surface area contributed by atoms with E-state index in [1.54, 1.807) is 7.05 Å². The summed E-state index contributed by atoms with van der Waals surface area (Å²) >= 11 is 0. The average Bonchev–Trinajstić information content (AvgIpc) is 2.30. The van der Waals surface area contributed by atoms with Crippen molar-refractivity contribution in [1.29, 1.82) is 0 Å². The molecule has 12 heavy (non-hydrogen) atoms. The zero-order valence-corrected chi connectivity index (χ0v) is 7.89. The third-order valence-electron chi connectivity index (χ3n) is 2.98. The Morgan fingerprint density at radius 1 is 1.33 bits per heavy atom. The first-order chi connectivity index (χ1) is 5.57. The molecular formula is C9H15NO2. The van der Waals surface area contributed by atoms with Gasteiger partial charge >= 0.3 is 0 Å². The van der Waals surface area contributed by atoms with Gasteiger partial charge < -0.3 is 0 Å². The second-order valence-electron chi connectivity index (χ2n) is 3.42. The highest BCUT2D eigenvalue weighted by Gasteiger charge is 2.47. The molecule has 0 atom stereocenters. The van der Waals surface area contributed by atoms with E-state index in [9.17, 15) is 9.59 Å². The number of nitrogens with zero attached hydrogens (tertiary/aromatic N) is 1. The van der Waals surface area contributed by atoms with E-state index in [0.717, 1.165) is 12.8 Å². The summed E-state index contributed by atoms with van der Waals surface area (Å²) in [6.45, 7) is 3.93. The largest absolute Gasteiger partial charge is 0.285 e. The van der Waals surface area contributed by atoms with Crippen LogP contribution in [0, 0.1) is 5.41 Å². The number of hydrogen-bond donors (Lipinski definition) is 0. The predicted octanol–water partition coefficient (Wildman–Crippen LogP) is 1.18. The molecule has 0 unspecified atom stereocenters. The van der Waals surface area contributed by atoms with Crippen molar-refractivity contribution in [2.75, 3.05) is 7.05 Å². The van der Waals surface area contributed by atoms with Gasteiger partial charge in [-0.15, -0.1) is 0 Å². The van der Waals surface area contributed by atoms with Crippen LogP contribution in [-0.4, -0.2) is 23.8 Å². The molecule has 0 spiro atoms. The summed E-state index contributed by atoms with van der Waals surface area (Å²) < 4.78 is 0. The van der Waals surface area contributed by atoms with Crippen LogP contribution in [0.5, 0.6) is 0 Å². The van der Waals surface area contributed by atoms with E-state index in [1.807, 2.05) is 13.8 Å². The summed E-state index contributed by atoms with van der Waals surface area (Å²) in [6, 6.07) is 0. The summed E-state index contributed by atoms with van der Waals surface area (Å²) in [6.07, 6.45) is 1.92. The molecule has 68 valence electrons. The van der Waals surface area contributed by atoms with Crippen molar-refractivity contribution in [3.8, 4) is 0 Å². The van der Waals surface area contributed by atoms with E-state index >= 15 is 0 Å². The minimum atomic E-state index is -0.383. The van der Waals surface area contributed by atoms with Gasteiger partial charge in [-0.25, -0.2) is 0 Å². The molecule has 2 amide bonds. The second-order valence-corrected chi connectivity index (χ2v) is 3.42. The zero-order chi connectivity index (χ0) is 9.35. The lowest BCUT2D eigenvalue weighted by atomic mass is 9.81. The number of carbonyl (C=O) groups excluding carboxylic acids is 2. The smallest absolute Gasteiger partial charge is 0.235 e. The molecule has 0 N–H and O–H groups in total. The fraction of sp³-hybridized carbons (Fsp3) is 0.778. The summed E-state index contributed by atoms with van der Waals surface area (Å²) in [5, 5.41) is 0. The number of likely N-dealkylation sites (tertiary alicyclic amines) is 1. The van der Waals surface area contributed by atoms with E-state index in [0.29, 0.717) is 6.42 Å². The first-order valence-electron chi connectivity index (χ1n) is 4.38. The molecule has 1 fully saturated rings. The van der Waals surface area contributed by atoms with Gasteiger partial charge in [0.25, 0.3) is 0 Å². The van der Waals surface area contributed by atoms with Crippen molar-refractivity contribution in [3.63, 3.8) is 0 Å². The maximum atomic E-state index is 11.6. The Bertz CT molecular complexity index is 219. The lowest BCUT2D eigenvalue weighted by Gasteiger charge is -2.21. The van der Waals surface area contributed by atoms with Crippen molar-refractivity contribution in [1.82, 2.24) is 4.90 Å². The van der Waals surface area contributed by atoms with Gasteiger partial charge in [-0.1, -0.05) is 13.8 Å². The minimum Gasteiger partial charge on any atom is -0.285 e. The minimum absolute atomic E-state index is 0.00231. The van der Waals surface area contributed by atoms with Crippen LogP contribution in [0.25, 0.3) is 0 Å². The topological polar surface area (TPSA) is 37.4 Å². The molecule has 1 rings (SSSR count). The van der Waals surface area contributed by atoms with Crippen LogP contribution in [-0.2, 0) is 9.59 Å². The third kappa shape index (κ3) is 1.04. The van der Waals surface area contributed by atoms with E-state index in [2.05, 4.69) is 0 Å². The van der Waals surface area contributed by atoms with Crippen LogP contribution in [0.4, 0.5) is 0 Å². The second kappa shape index (κ2) is 2.88. The highest BCUT2D eigenvalue weighted by atomic mass is 16.2. The van der Waals surface area contributed by atoms with Crippen LogP contribution in [0.2, 0.25) is 0 Å². The molecular weight excluding hydrogens is 154 g/mol. The number of imide groups is 1. The highest BCUT2D eigenvalue weighted by Crippen LogP contribution is 2.38. The molecule has 0 radical (unpaired) electrons. The molecule has 1 aliphatic heterocycles. The maximum Gasteiger partial charge on any atom is 0.235 e. The number of carbonyl (C=O) groups is 2. The molecule has 1 aliphatic rings. The average molecular weight is 169 g/mol. The van der Waals surface area contributed by atoms with Crippen molar-refractivity contribution >= 4 is 11.8 Å². The Labute approximate surface area is 72.7 Å². The molecule has 1 saturated heterocycles. The maximum absolute atomic E-state index is 11.6. The Balaban J connectivity index is 2.95. The van der Waals surface area contributed by atoms with E-state index < -0.39 is 0 Å². The van der Waals surface area contributed by atoms with Crippen molar-refractivity contribution in [2.45, 2.75) is 33.1 Å². The van der Waals surface area contributed by atoms with Crippen LogP contribution in [0.1, 0.15) is 33.1 Å². The van der Waals surface area contributed by atoms with Crippen LogP contribution in [0.15, 0.2) is 0 Å². The fourth-order valence-corrected chi connectivity index (χ4v) is 1.76. The van der Waals surface area contributed by atoms with Gasteiger partial charge in [0.05, 0.1) is 5.41 Å². The number of amides is 2. The molecule has 0 aromatic rings. The van der Waals surface area contributed by atoms with Gasteiger partial charge in [0.1, 0.15) is 0 Å². The monoisotopic (exact) mass is 169 g/mol. The van der Waals surface area contributed by atoms with Crippen LogP contribution in [0.3, 0.4) is 0 Å². The SMILES string of the molecule is CCC1(CC)CC(=O)N(C)C1=O. The quantitative estimate of drug-likeness (QED) is 0.582. The third-order valence-corrected chi connectivity index (χ3v) is 2.98. The molecule has 1 heterocycles. The molecule has 3 heteroatoms. The highest BCUT2D eigenvalue weighted by molar-refractivity contribution is 6.05. The number of rotatable bonds is 2. The van der Waals surface area contributed by atoms with E-state index in [1.165, 1.54) is 4.90 Å². The Kier molecular flexibility index (Phi) is 2.22. The standard InChI is InChI=1S/C9H15NO2/c1-4-9(5-2)6-7(11)10(3)8(9)12/h4-6H2,1-3H3. The normalized spacial score (nSPS) is 22.1. The molecule has 0 saturated carbocycles. The first-order valence-corrected chi connectivity index (χ1v) is 4.38. The predicted molar refractivity (Wildman–Crippen MR) is 45.4 cm³/mol. The van der Waals surface area contributed by atoms with Crippen molar-refractivity contribution in [3.05, 3.63) is 0 Å². The van der Waals surface area contributed by atoms with Crippen molar-refractivity contribution in [2.24, 2.45) is 5.41 Å². The summed E-state index contributed by atoms with van der Waals surface area (Å²) in [5.41, 5.74) is -0.383. The Morgan fingerprint density at radius 3 is 2.00 bits per heavy atom. The van der Waals surface area contributed by atoms with Gasteiger partial charge in [-0.05, 0) is 12.8 Å². The van der Waals surface area contributed by atoms with Crippen LogP contribution < -0.4 is 0 Å². The zero-order valence-electron chi connectivity index (χ0n) is 7.89. The summed E-state index contributed by atoms with van der Waals surface area (Å²) in [4.78, 5) is 24.1. The van der Waals surface area contributed by atoms with Crippen LogP contribution >= 0.6 is 0 Å². The molecule has 0 aliphatic carbocycles. The first kappa shape index (κ1) is 9.23. The van der Waals surface area contributed by atoms with Gasteiger partial charge in [0.15, 0.2) is 0 Å². The van der Waals surface area contributed by atoms with Gasteiger partial charge in [0.2, 0.25) is 11.8 Å². The fourth-order valence-electron chi connectivity index (χ4n) is 1.76. The Hall–Kier alpha value is -0.860. The number of hydrogen-bond acceptors (Lipinski definition) is 2. The van der Waals surface area contributed by atoms with Gasteiger partial charge in [0, 0.05) is 13.5 Å². The van der Waals surface area contributed by atoms with Gasteiger partial charge in [-0.3, -0.25) is 14.5 Å².